The standard InChI is InChI=1S/C15H22N2O/c1-11(2)16(4)15(18)10-17-9-12(3)13-7-5-6-8-14(13)17/h5-8,11-12H,9-10H2,1-4H3. The summed E-state index contributed by atoms with van der Waals surface area (Å²) in [5, 5.41) is 0. The van der Waals surface area contributed by atoms with Gasteiger partial charge in [-0.1, -0.05) is 25.1 Å². The summed E-state index contributed by atoms with van der Waals surface area (Å²) in [6.07, 6.45) is 0. The van der Waals surface area contributed by atoms with E-state index in [1.807, 2.05) is 31.9 Å². The van der Waals surface area contributed by atoms with E-state index in [1.54, 1.807) is 0 Å². The quantitative estimate of drug-likeness (QED) is 0.818. The molecule has 0 N–H and O–H groups in total. The summed E-state index contributed by atoms with van der Waals surface area (Å²) >= 11 is 0. The lowest BCUT2D eigenvalue weighted by Gasteiger charge is -2.26. The predicted octanol–water partition coefficient (Wildman–Crippen LogP) is 2.48. The van der Waals surface area contributed by atoms with Crippen molar-refractivity contribution in [1.29, 1.82) is 0 Å². The Balaban J connectivity index is 2.11. The van der Waals surface area contributed by atoms with Gasteiger partial charge in [0.25, 0.3) is 0 Å². The van der Waals surface area contributed by atoms with E-state index in [0.29, 0.717) is 12.5 Å². The summed E-state index contributed by atoms with van der Waals surface area (Å²) in [5.74, 6) is 0.701. The molecular weight excluding hydrogens is 224 g/mol. The van der Waals surface area contributed by atoms with Gasteiger partial charge in [-0.3, -0.25) is 4.79 Å². The lowest BCUT2D eigenvalue weighted by Crippen LogP contribution is -2.41. The van der Waals surface area contributed by atoms with Crippen LogP contribution in [0.3, 0.4) is 0 Å². The topological polar surface area (TPSA) is 23.6 Å². The molecule has 0 fully saturated rings. The molecular formula is C15H22N2O. The molecule has 1 aromatic rings. The molecule has 1 aliphatic heterocycles. The smallest absolute Gasteiger partial charge is 0.242 e. The second-order valence-corrected chi connectivity index (χ2v) is 5.44. The average molecular weight is 246 g/mol. The Morgan fingerprint density at radius 1 is 1.44 bits per heavy atom. The SMILES string of the molecule is CC1CN(CC(=O)N(C)C(C)C)c2ccccc21. The number of amides is 1. The second kappa shape index (κ2) is 5.01. The molecule has 3 nitrogen and oxygen atoms in total. The second-order valence-electron chi connectivity index (χ2n) is 5.44. The van der Waals surface area contributed by atoms with Crippen molar-refractivity contribution in [2.75, 3.05) is 25.0 Å². The van der Waals surface area contributed by atoms with Crippen molar-refractivity contribution >= 4 is 11.6 Å². The molecule has 0 radical (unpaired) electrons. The number of hydrogen-bond acceptors (Lipinski definition) is 2. The summed E-state index contributed by atoms with van der Waals surface area (Å²) < 4.78 is 0. The molecule has 1 atom stereocenters. The molecule has 0 bridgehead atoms. The lowest BCUT2D eigenvalue weighted by atomic mass is 10.0. The molecule has 0 aromatic heterocycles. The predicted molar refractivity (Wildman–Crippen MR) is 75.0 cm³/mol. The zero-order chi connectivity index (χ0) is 13.3. The molecule has 0 saturated heterocycles. The van der Waals surface area contributed by atoms with Gasteiger partial charge in [0.15, 0.2) is 0 Å². The van der Waals surface area contributed by atoms with E-state index in [-0.39, 0.29) is 11.9 Å². The van der Waals surface area contributed by atoms with Gasteiger partial charge in [-0.15, -0.1) is 0 Å². The van der Waals surface area contributed by atoms with E-state index in [0.717, 1.165) is 6.54 Å². The van der Waals surface area contributed by atoms with Gasteiger partial charge in [-0.2, -0.15) is 0 Å². The van der Waals surface area contributed by atoms with Crippen LogP contribution in [-0.4, -0.2) is 37.0 Å². The van der Waals surface area contributed by atoms with E-state index in [4.69, 9.17) is 0 Å². The Bertz CT molecular complexity index is 442. The Hall–Kier alpha value is -1.51. The number of anilines is 1. The highest BCUT2D eigenvalue weighted by Gasteiger charge is 2.27. The molecule has 1 aliphatic rings. The fraction of sp³-hybridized carbons (Fsp3) is 0.533. The van der Waals surface area contributed by atoms with Crippen LogP contribution in [0.4, 0.5) is 5.69 Å². The maximum Gasteiger partial charge on any atom is 0.242 e. The first-order valence-corrected chi connectivity index (χ1v) is 6.60. The number of nitrogens with zero attached hydrogens (tertiary/aromatic N) is 2. The van der Waals surface area contributed by atoms with Crippen LogP contribution in [0, 0.1) is 0 Å². The van der Waals surface area contributed by atoms with Crippen molar-refractivity contribution in [3.63, 3.8) is 0 Å². The number of hydrogen-bond donors (Lipinski definition) is 0. The fourth-order valence-electron chi connectivity index (χ4n) is 2.43. The van der Waals surface area contributed by atoms with Gasteiger partial charge in [0, 0.05) is 31.2 Å². The summed E-state index contributed by atoms with van der Waals surface area (Å²) in [6, 6.07) is 8.65. The molecule has 0 saturated carbocycles. The van der Waals surface area contributed by atoms with Gasteiger partial charge >= 0.3 is 0 Å². The summed E-state index contributed by atoms with van der Waals surface area (Å²) in [7, 11) is 1.87. The van der Waals surface area contributed by atoms with Gasteiger partial charge in [0.05, 0.1) is 6.54 Å². The van der Waals surface area contributed by atoms with Crippen LogP contribution in [-0.2, 0) is 4.79 Å². The van der Waals surface area contributed by atoms with Crippen molar-refractivity contribution < 1.29 is 4.79 Å². The summed E-state index contributed by atoms with van der Waals surface area (Å²) in [5.41, 5.74) is 2.58. The Morgan fingerprint density at radius 3 is 2.78 bits per heavy atom. The third kappa shape index (κ3) is 2.35. The highest BCUT2D eigenvalue weighted by atomic mass is 16.2. The van der Waals surface area contributed by atoms with Crippen LogP contribution in [0.15, 0.2) is 24.3 Å². The molecule has 18 heavy (non-hydrogen) atoms. The van der Waals surface area contributed by atoms with Crippen molar-refractivity contribution in [2.45, 2.75) is 32.7 Å². The van der Waals surface area contributed by atoms with E-state index in [9.17, 15) is 4.79 Å². The zero-order valence-corrected chi connectivity index (χ0v) is 11.7. The summed E-state index contributed by atoms with van der Waals surface area (Å²) in [6.45, 7) is 7.72. The van der Waals surface area contributed by atoms with Crippen molar-refractivity contribution in [1.82, 2.24) is 4.90 Å². The highest BCUT2D eigenvalue weighted by Crippen LogP contribution is 2.35. The van der Waals surface area contributed by atoms with Gasteiger partial charge < -0.3 is 9.80 Å². The monoisotopic (exact) mass is 246 g/mol. The number of fused-ring (bicyclic) bond motifs is 1. The van der Waals surface area contributed by atoms with Crippen molar-refractivity contribution in [3.8, 4) is 0 Å². The molecule has 2 rings (SSSR count). The van der Waals surface area contributed by atoms with Gasteiger partial charge in [0.1, 0.15) is 0 Å². The van der Waals surface area contributed by atoms with Crippen LogP contribution in [0.2, 0.25) is 0 Å². The zero-order valence-electron chi connectivity index (χ0n) is 11.7. The van der Waals surface area contributed by atoms with Crippen molar-refractivity contribution in [2.24, 2.45) is 0 Å². The molecule has 1 heterocycles. The molecule has 3 heteroatoms. The number of carbonyl (C=O) groups is 1. The van der Waals surface area contributed by atoms with Gasteiger partial charge in [-0.05, 0) is 25.5 Å². The average Bonchev–Trinajstić information content (AvgIpc) is 2.66. The minimum Gasteiger partial charge on any atom is -0.361 e. The van der Waals surface area contributed by atoms with Crippen LogP contribution in [0.5, 0.6) is 0 Å². The van der Waals surface area contributed by atoms with Crippen molar-refractivity contribution in [3.05, 3.63) is 29.8 Å². The maximum atomic E-state index is 12.1. The van der Waals surface area contributed by atoms with Crippen LogP contribution < -0.4 is 4.90 Å². The first kappa shape index (κ1) is 12.9. The van der Waals surface area contributed by atoms with Crippen LogP contribution >= 0.6 is 0 Å². The first-order chi connectivity index (χ1) is 8.50. The number of rotatable bonds is 3. The molecule has 1 aromatic carbocycles. The molecule has 1 unspecified atom stereocenters. The maximum absolute atomic E-state index is 12.1. The molecule has 0 spiro atoms. The minimum atomic E-state index is 0.189. The number of carbonyl (C=O) groups excluding carboxylic acids is 1. The van der Waals surface area contributed by atoms with E-state index < -0.39 is 0 Å². The van der Waals surface area contributed by atoms with Crippen LogP contribution in [0.1, 0.15) is 32.3 Å². The van der Waals surface area contributed by atoms with E-state index in [1.165, 1.54) is 11.3 Å². The molecule has 0 aliphatic carbocycles. The third-order valence-electron chi connectivity index (χ3n) is 3.80. The number of likely N-dealkylation sites (N-methyl/N-ethyl adjacent to an activating group) is 1. The first-order valence-electron chi connectivity index (χ1n) is 6.60. The fourth-order valence-corrected chi connectivity index (χ4v) is 2.43. The normalized spacial score (nSPS) is 18.1. The summed E-state index contributed by atoms with van der Waals surface area (Å²) in [4.78, 5) is 16.1. The third-order valence-corrected chi connectivity index (χ3v) is 3.80. The Morgan fingerprint density at radius 2 is 2.11 bits per heavy atom. The Kier molecular flexibility index (Phi) is 3.60. The minimum absolute atomic E-state index is 0.189. The van der Waals surface area contributed by atoms with Gasteiger partial charge in [-0.25, -0.2) is 0 Å². The highest BCUT2D eigenvalue weighted by molar-refractivity contribution is 5.82. The largest absolute Gasteiger partial charge is 0.361 e. The van der Waals surface area contributed by atoms with E-state index in [2.05, 4.69) is 30.0 Å². The molecule has 98 valence electrons. The van der Waals surface area contributed by atoms with E-state index >= 15 is 0 Å². The number of para-hydroxylation sites is 1. The number of benzene rings is 1. The molecule has 1 amide bonds. The van der Waals surface area contributed by atoms with Crippen LogP contribution in [0.25, 0.3) is 0 Å². The van der Waals surface area contributed by atoms with Gasteiger partial charge in [0.2, 0.25) is 5.91 Å². The lowest BCUT2D eigenvalue weighted by molar-refractivity contribution is -0.129. The Labute approximate surface area is 109 Å².